The van der Waals surface area contributed by atoms with E-state index in [0.717, 1.165) is 0 Å². The van der Waals surface area contributed by atoms with Gasteiger partial charge in [0.15, 0.2) is 6.20 Å². The number of benzene rings is 4. The fourth-order valence-electron chi connectivity index (χ4n) is 7.78. The number of aryl methyl sites for hydroxylation is 5. The summed E-state index contributed by atoms with van der Waals surface area (Å²) in [5, 5.41) is 6.80. The van der Waals surface area contributed by atoms with Crippen LogP contribution in [0.2, 0.25) is 0 Å². The summed E-state index contributed by atoms with van der Waals surface area (Å²) in [6.45, 7) is 23.2. The third kappa shape index (κ3) is 3.81. The van der Waals surface area contributed by atoms with E-state index in [4.69, 9.17) is 0 Å². The van der Waals surface area contributed by atoms with Crippen LogP contribution in [-0.4, -0.2) is 4.40 Å². The minimum absolute atomic E-state index is 0.428. The molecule has 0 N–H and O–H groups in total. The van der Waals surface area contributed by atoms with Crippen molar-refractivity contribution in [3.05, 3.63) is 93.7 Å². The van der Waals surface area contributed by atoms with Crippen LogP contribution >= 0.6 is 0 Å². The largest absolute Gasteiger partial charge is 0.307 e. The van der Waals surface area contributed by atoms with Crippen LogP contribution in [0.1, 0.15) is 98.2 Å². The summed E-state index contributed by atoms with van der Waals surface area (Å²) in [6.07, 6.45) is 2.27. The summed E-state index contributed by atoms with van der Waals surface area (Å²) in [4.78, 5) is 0. The van der Waals surface area contributed by atoms with Gasteiger partial charge in [-0.25, -0.2) is 4.57 Å². The van der Waals surface area contributed by atoms with Crippen LogP contribution in [0.5, 0.6) is 0 Å². The molecule has 218 valence electrons. The van der Waals surface area contributed by atoms with E-state index in [1.54, 1.807) is 0 Å². The lowest BCUT2D eigenvalue weighted by molar-refractivity contribution is -0.643. The van der Waals surface area contributed by atoms with Gasteiger partial charge in [0, 0.05) is 16.8 Å². The van der Waals surface area contributed by atoms with E-state index in [2.05, 4.69) is 140 Å². The van der Waals surface area contributed by atoms with Crippen molar-refractivity contribution in [3.63, 3.8) is 0 Å². The molecule has 0 spiro atoms. The Kier molecular flexibility index (Phi) is 6.19. The summed E-state index contributed by atoms with van der Waals surface area (Å²) in [7, 11) is 2.22. The number of hydrogen-bond donors (Lipinski definition) is 0. The van der Waals surface area contributed by atoms with Crippen molar-refractivity contribution in [1.29, 1.82) is 0 Å². The van der Waals surface area contributed by atoms with Gasteiger partial charge in [-0.2, -0.15) is 0 Å². The SMILES string of the molecule is Cc1cc2c3c(C)ccc(C)c3n3c4cc(-c5c(C(C)C)cc(C(C)C)cc5C(C)C)cc5cc[n+](C)c(c(c1C)c23)c54. The van der Waals surface area contributed by atoms with Crippen molar-refractivity contribution in [1.82, 2.24) is 4.40 Å². The molecule has 4 aromatic carbocycles. The first kappa shape index (κ1) is 27.9. The Hall–Kier alpha value is -3.91. The molecule has 0 amide bonds. The van der Waals surface area contributed by atoms with E-state index in [1.807, 2.05) is 0 Å². The number of hydrogen-bond acceptors (Lipinski definition) is 0. The third-order valence-electron chi connectivity index (χ3n) is 10.2. The van der Waals surface area contributed by atoms with Gasteiger partial charge in [-0.05, 0) is 119 Å². The van der Waals surface area contributed by atoms with Crippen LogP contribution in [0.15, 0.2) is 54.7 Å². The van der Waals surface area contributed by atoms with Crippen molar-refractivity contribution < 1.29 is 4.57 Å². The molecule has 0 unspecified atom stereocenters. The highest BCUT2D eigenvalue weighted by Crippen LogP contribution is 2.46. The molecule has 0 aliphatic carbocycles. The van der Waals surface area contributed by atoms with Crippen molar-refractivity contribution >= 4 is 49.0 Å². The lowest BCUT2D eigenvalue weighted by atomic mass is 9.81. The number of pyridine rings is 2. The first-order valence-corrected chi connectivity index (χ1v) is 16.1. The molecule has 2 nitrogen and oxygen atoms in total. The van der Waals surface area contributed by atoms with Crippen molar-refractivity contribution in [3.8, 4) is 11.1 Å². The normalized spacial score (nSPS) is 12.7. The molecule has 0 bridgehead atoms. The van der Waals surface area contributed by atoms with Gasteiger partial charge in [0.05, 0.1) is 27.3 Å². The zero-order valence-electron chi connectivity index (χ0n) is 27.8. The van der Waals surface area contributed by atoms with Crippen molar-refractivity contribution in [2.45, 2.75) is 87.0 Å². The smallest absolute Gasteiger partial charge is 0.224 e. The summed E-state index contributed by atoms with van der Waals surface area (Å²) < 4.78 is 4.98. The first-order valence-electron chi connectivity index (χ1n) is 16.1. The molecule has 0 aliphatic rings. The zero-order valence-corrected chi connectivity index (χ0v) is 27.8. The van der Waals surface area contributed by atoms with E-state index < -0.39 is 0 Å². The summed E-state index contributed by atoms with van der Waals surface area (Å²) in [5.41, 5.74) is 17.9. The van der Waals surface area contributed by atoms with Gasteiger partial charge in [0.1, 0.15) is 7.05 Å². The van der Waals surface area contributed by atoms with Gasteiger partial charge in [0.25, 0.3) is 0 Å². The molecular weight excluding hydrogens is 520 g/mol. The lowest BCUT2D eigenvalue weighted by Gasteiger charge is -2.24. The minimum atomic E-state index is 0.428. The molecule has 0 aliphatic heterocycles. The highest BCUT2D eigenvalue weighted by Gasteiger charge is 2.27. The molecule has 0 radical (unpaired) electrons. The van der Waals surface area contributed by atoms with E-state index in [1.165, 1.54) is 99.1 Å². The molecule has 3 heterocycles. The Bertz CT molecular complexity index is 2230. The predicted molar refractivity (Wildman–Crippen MR) is 186 cm³/mol. The molecule has 3 aromatic heterocycles. The van der Waals surface area contributed by atoms with Gasteiger partial charge in [-0.15, -0.1) is 0 Å². The van der Waals surface area contributed by atoms with E-state index in [9.17, 15) is 0 Å². The summed E-state index contributed by atoms with van der Waals surface area (Å²) in [5.74, 6) is 1.36. The topological polar surface area (TPSA) is 8.29 Å². The number of aromatic nitrogens is 2. The van der Waals surface area contributed by atoms with Gasteiger partial charge in [0.2, 0.25) is 5.52 Å². The minimum Gasteiger partial charge on any atom is -0.307 e. The first-order chi connectivity index (χ1) is 20.4. The predicted octanol–water partition coefficient (Wildman–Crippen LogP) is 11.1. The fraction of sp³-hybridized carbons (Fsp3) is 0.341. The fourth-order valence-corrected chi connectivity index (χ4v) is 7.78. The third-order valence-corrected chi connectivity index (χ3v) is 10.2. The Morgan fingerprint density at radius 3 is 1.91 bits per heavy atom. The summed E-state index contributed by atoms with van der Waals surface area (Å²) >= 11 is 0. The second-order valence-electron chi connectivity index (χ2n) is 14.1. The Labute approximate surface area is 256 Å². The number of fused-ring (bicyclic) bond motifs is 5. The molecule has 0 atom stereocenters. The monoisotopic (exact) mass is 565 g/mol. The van der Waals surface area contributed by atoms with Crippen LogP contribution in [0.4, 0.5) is 0 Å². The van der Waals surface area contributed by atoms with Crippen molar-refractivity contribution in [2.24, 2.45) is 7.05 Å². The number of rotatable bonds is 4. The molecular formula is C41H45N2+. The molecule has 0 fully saturated rings. The highest BCUT2D eigenvalue weighted by molar-refractivity contribution is 6.27. The zero-order chi connectivity index (χ0) is 30.6. The maximum atomic E-state index is 2.63. The van der Waals surface area contributed by atoms with E-state index in [-0.39, 0.29) is 0 Å². The van der Waals surface area contributed by atoms with Gasteiger partial charge in [-0.1, -0.05) is 65.8 Å². The number of nitrogens with zero attached hydrogens (tertiary/aromatic N) is 2. The quantitative estimate of drug-likeness (QED) is 0.114. The second-order valence-corrected chi connectivity index (χ2v) is 14.1. The molecule has 2 heteroatoms. The van der Waals surface area contributed by atoms with Crippen molar-refractivity contribution in [2.75, 3.05) is 0 Å². The molecule has 43 heavy (non-hydrogen) atoms. The Morgan fingerprint density at radius 1 is 0.628 bits per heavy atom. The molecule has 7 aromatic rings. The van der Waals surface area contributed by atoms with Gasteiger partial charge >= 0.3 is 0 Å². The van der Waals surface area contributed by atoms with E-state index >= 15 is 0 Å². The Morgan fingerprint density at radius 2 is 1.28 bits per heavy atom. The van der Waals surface area contributed by atoms with Crippen LogP contribution in [0, 0.1) is 27.7 Å². The maximum absolute atomic E-state index is 2.63. The average molecular weight is 566 g/mol. The van der Waals surface area contributed by atoms with Crippen LogP contribution < -0.4 is 4.57 Å². The maximum Gasteiger partial charge on any atom is 0.224 e. The average Bonchev–Trinajstić information content (AvgIpc) is 3.31. The van der Waals surface area contributed by atoms with Gasteiger partial charge in [-0.3, -0.25) is 0 Å². The molecule has 7 rings (SSSR count). The van der Waals surface area contributed by atoms with E-state index in [0.29, 0.717) is 17.8 Å². The summed E-state index contributed by atoms with van der Waals surface area (Å²) in [6, 6.07) is 19.3. The molecule has 0 saturated heterocycles. The van der Waals surface area contributed by atoms with Crippen LogP contribution in [-0.2, 0) is 7.05 Å². The van der Waals surface area contributed by atoms with Crippen LogP contribution in [0.25, 0.3) is 60.1 Å². The second kappa shape index (κ2) is 9.55. The highest BCUT2D eigenvalue weighted by atomic mass is 15.0. The standard InChI is InChI=1S/C41H45N2/c1-21(2)29-18-31(22(3)4)37(32(19-29)23(5)6)30-17-28-14-15-42(11)41-36-27(10)26(9)16-33-35-24(7)12-13-25(8)39(35)43(40(33)36)34(20-30)38(28)41/h12-23H,1-11H3/q+1. The Balaban J connectivity index is 1.78. The van der Waals surface area contributed by atoms with Crippen LogP contribution in [0.3, 0.4) is 0 Å². The lowest BCUT2D eigenvalue weighted by Crippen LogP contribution is -2.29. The molecule has 0 saturated carbocycles. The van der Waals surface area contributed by atoms with Gasteiger partial charge < -0.3 is 4.40 Å².